The first-order valence-corrected chi connectivity index (χ1v) is 11.5. The van der Waals surface area contributed by atoms with Crippen LogP contribution in [0.15, 0.2) is 29.8 Å². The van der Waals surface area contributed by atoms with Crippen molar-refractivity contribution in [2.45, 2.75) is 25.9 Å². The van der Waals surface area contributed by atoms with Crippen LogP contribution in [-0.2, 0) is 9.53 Å². The molecule has 0 unspecified atom stereocenters. The lowest BCUT2D eigenvalue weighted by Crippen LogP contribution is -2.46. The van der Waals surface area contributed by atoms with Gasteiger partial charge in [0.1, 0.15) is 17.7 Å². The highest BCUT2D eigenvalue weighted by molar-refractivity contribution is 7.13. The molecule has 2 fully saturated rings. The summed E-state index contributed by atoms with van der Waals surface area (Å²) in [4.78, 5) is 43.1. The standard InChI is InChI=1S/C21H25FN6O4S/c1-14(29)2-4-16-13-27(21(31)32-16)15-3-5-18(17(22)12-15)26-8-6-24-28(10-9-26)20(30)25-19-23-7-11-33-19/h3,5,7,11-12,16,24H,2,4,6,8-10,13H2,1H3,(H,23,25,30)/t16-/m0/s1. The minimum atomic E-state index is -0.545. The van der Waals surface area contributed by atoms with Crippen LogP contribution in [0, 0.1) is 5.82 Å². The number of carbonyl (C=O) groups excluding carboxylic acids is 3. The van der Waals surface area contributed by atoms with Gasteiger partial charge >= 0.3 is 12.1 Å². The zero-order valence-corrected chi connectivity index (χ0v) is 18.9. The van der Waals surface area contributed by atoms with E-state index in [4.69, 9.17) is 4.74 Å². The molecule has 1 aromatic carbocycles. The normalized spacial score (nSPS) is 18.8. The van der Waals surface area contributed by atoms with Gasteiger partial charge in [-0.3, -0.25) is 15.2 Å². The van der Waals surface area contributed by atoms with Crippen LogP contribution in [0.1, 0.15) is 19.8 Å². The summed E-state index contributed by atoms with van der Waals surface area (Å²) in [5, 5.41) is 6.45. The topological polar surface area (TPSA) is 107 Å². The van der Waals surface area contributed by atoms with Gasteiger partial charge < -0.3 is 14.4 Å². The van der Waals surface area contributed by atoms with Gasteiger partial charge in [-0.15, -0.1) is 11.3 Å². The van der Waals surface area contributed by atoms with Crippen molar-refractivity contribution >= 4 is 45.8 Å². The van der Waals surface area contributed by atoms with Crippen molar-refractivity contribution in [3.05, 3.63) is 35.6 Å². The molecule has 2 N–H and O–H groups in total. The monoisotopic (exact) mass is 476 g/mol. The summed E-state index contributed by atoms with van der Waals surface area (Å²) in [6, 6.07) is 4.30. The Bertz CT molecular complexity index is 1020. The summed E-state index contributed by atoms with van der Waals surface area (Å²) in [5.41, 5.74) is 3.84. The van der Waals surface area contributed by atoms with E-state index >= 15 is 4.39 Å². The van der Waals surface area contributed by atoms with Crippen molar-refractivity contribution in [1.29, 1.82) is 0 Å². The van der Waals surface area contributed by atoms with Crippen LogP contribution in [0.25, 0.3) is 0 Å². The Balaban J connectivity index is 1.37. The average molecular weight is 477 g/mol. The molecule has 3 heterocycles. The van der Waals surface area contributed by atoms with Gasteiger partial charge in [-0.05, 0) is 31.5 Å². The molecule has 10 nitrogen and oxygen atoms in total. The van der Waals surface area contributed by atoms with E-state index < -0.39 is 11.9 Å². The lowest BCUT2D eigenvalue weighted by atomic mass is 10.1. The zero-order chi connectivity index (χ0) is 23.4. The van der Waals surface area contributed by atoms with E-state index in [1.807, 2.05) is 4.90 Å². The number of rotatable bonds is 6. The maximum absolute atomic E-state index is 15.0. The molecular formula is C21H25FN6O4S. The summed E-state index contributed by atoms with van der Waals surface area (Å²) in [7, 11) is 0. The molecule has 176 valence electrons. The Kier molecular flexibility index (Phi) is 7.04. The number of halogens is 1. The fourth-order valence-electron chi connectivity index (χ4n) is 3.76. The summed E-state index contributed by atoms with van der Waals surface area (Å²) >= 11 is 1.33. The van der Waals surface area contributed by atoms with E-state index in [1.165, 1.54) is 34.2 Å². The van der Waals surface area contributed by atoms with E-state index in [1.54, 1.807) is 23.7 Å². The number of thiazole rings is 1. The SMILES string of the molecule is CC(=O)CC[C@H]1CN(c2ccc(N3CCNN(C(=O)Nc4nccs4)CC3)c(F)c2)C(=O)O1. The van der Waals surface area contributed by atoms with Crippen molar-refractivity contribution in [2.75, 3.05) is 47.8 Å². The van der Waals surface area contributed by atoms with Crippen molar-refractivity contribution < 1.29 is 23.5 Å². The van der Waals surface area contributed by atoms with Crippen molar-refractivity contribution in [2.24, 2.45) is 0 Å². The van der Waals surface area contributed by atoms with Crippen LogP contribution in [0.5, 0.6) is 0 Å². The third kappa shape index (κ3) is 5.57. The second-order valence-electron chi connectivity index (χ2n) is 7.81. The number of hydrogen-bond donors (Lipinski definition) is 2. The molecule has 2 aliphatic rings. The van der Waals surface area contributed by atoms with Gasteiger partial charge in [-0.2, -0.15) is 0 Å². The third-order valence-electron chi connectivity index (χ3n) is 5.45. The maximum atomic E-state index is 15.0. The van der Waals surface area contributed by atoms with Crippen LogP contribution in [0.2, 0.25) is 0 Å². The molecule has 4 rings (SSSR count). The second-order valence-corrected chi connectivity index (χ2v) is 8.70. The predicted octanol–water partition coefficient (Wildman–Crippen LogP) is 2.84. The molecule has 0 saturated carbocycles. The van der Waals surface area contributed by atoms with Crippen molar-refractivity contribution in [3.63, 3.8) is 0 Å². The Morgan fingerprint density at radius 1 is 1.33 bits per heavy atom. The van der Waals surface area contributed by atoms with Gasteiger partial charge in [-0.1, -0.05) is 0 Å². The fraction of sp³-hybridized carbons (Fsp3) is 0.429. The molecule has 0 radical (unpaired) electrons. The second kappa shape index (κ2) is 10.1. The minimum absolute atomic E-state index is 0.0334. The Morgan fingerprint density at radius 3 is 2.91 bits per heavy atom. The first-order chi connectivity index (χ1) is 15.9. The van der Waals surface area contributed by atoms with Crippen LogP contribution in [0.4, 0.5) is 30.5 Å². The number of benzene rings is 1. The van der Waals surface area contributed by atoms with Gasteiger partial charge in [0.15, 0.2) is 5.13 Å². The molecule has 2 saturated heterocycles. The molecule has 33 heavy (non-hydrogen) atoms. The van der Waals surface area contributed by atoms with Crippen LogP contribution in [-0.4, -0.2) is 66.7 Å². The van der Waals surface area contributed by atoms with Gasteiger partial charge in [0, 0.05) is 37.6 Å². The van der Waals surface area contributed by atoms with Crippen LogP contribution in [0.3, 0.4) is 0 Å². The quantitative estimate of drug-likeness (QED) is 0.660. The molecule has 2 aliphatic heterocycles. The number of carbonyl (C=O) groups is 3. The number of aromatic nitrogens is 1. The predicted molar refractivity (Wildman–Crippen MR) is 122 cm³/mol. The van der Waals surface area contributed by atoms with E-state index in [-0.39, 0.29) is 24.5 Å². The smallest absolute Gasteiger partial charge is 0.414 e. The number of Topliss-reactive ketones (excluding diaryl/α,β-unsaturated/α-hetero) is 1. The molecule has 1 aromatic heterocycles. The fourth-order valence-corrected chi connectivity index (χ4v) is 4.28. The average Bonchev–Trinajstić information content (AvgIpc) is 3.35. The lowest BCUT2D eigenvalue weighted by Gasteiger charge is -2.24. The molecule has 0 bridgehead atoms. The summed E-state index contributed by atoms with van der Waals surface area (Å²) in [6.45, 7) is 3.48. The van der Waals surface area contributed by atoms with E-state index in [2.05, 4.69) is 15.7 Å². The number of hydrazine groups is 1. The number of cyclic esters (lactones) is 1. The molecule has 0 spiro atoms. The number of nitrogens with one attached hydrogen (secondary N) is 2. The van der Waals surface area contributed by atoms with Crippen LogP contribution >= 0.6 is 11.3 Å². The van der Waals surface area contributed by atoms with E-state index in [0.717, 1.165) is 0 Å². The van der Waals surface area contributed by atoms with E-state index in [9.17, 15) is 14.4 Å². The van der Waals surface area contributed by atoms with Gasteiger partial charge in [0.2, 0.25) is 0 Å². The zero-order valence-electron chi connectivity index (χ0n) is 18.1. The Hall–Kier alpha value is -3.25. The molecule has 1 atom stereocenters. The first kappa shape index (κ1) is 22.9. The van der Waals surface area contributed by atoms with Gasteiger partial charge in [0.05, 0.1) is 24.5 Å². The number of hydrogen-bond acceptors (Lipinski definition) is 8. The highest BCUT2D eigenvalue weighted by Crippen LogP contribution is 2.29. The molecular weight excluding hydrogens is 451 g/mol. The number of ether oxygens (including phenoxy) is 1. The largest absolute Gasteiger partial charge is 0.444 e. The number of amides is 3. The van der Waals surface area contributed by atoms with Gasteiger partial charge in [-0.25, -0.2) is 24.4 Å². The Morgan fingerprint density at radius 2 is 2.18 bits per heavy atom. The molecule has 3 amide bonds. The lowest BCUT2D eigenvalue weighted by molar-refractivity contribution is -0.117. The Labute approximate surface area is 194 Å². The summed E-state index contributed by atoms with van der Waals surface area (Å²) in [6.07, 6.45) is 1.46. The number of ketones is 1. The molecule has 12 heteroatoms. The minimum Gasteiger partial charge on any atom is -0.444 e. The van der Waals surface area contributed by atoms with Crippen LogP contribution < -0.4 is 20.5 Å². The number of nitrogens with zero attached hydrogens (tertiary/aromatic N) is 4. The number of urea groups is 1. The summed E-state index contributed by atoms with van der Waals surface area (Å²) in [5.74, 6) is -0.431. The highest BCUT2D eigenvalue weighted by Gasteiger charge is 2.33. The maximum Gasteiger partial charge on any atom is 0.414 e. The van der Waals surface area contributed by atoms with E-state index in [0.29, 0.717) is 55.5 Å². The van der Waals surface area contributed by atoms with Gasteiger partial charge in [0.25, 0.3) is 0 Å². The molecule has 2 aromatic rings. The van der Waals surface area contributed by atoms with Crippen molar-refractivity contribution in [1.82, 2.24) is 15.4 Å². The summed E-state index contributed by atoms with van der Waals surface area (Å²) < 4.78 is 20.3. The van der Waals surface area contributed by atoms with Crippen molar-refractivity contribution in [3.8, 4) is 0 Å². The third-order valence-corrected chi connectivity index (χ3v) is 6.13. The first-order valence-electron chi connectivity index (χ1n) is 10.6. The molecule has 0 aliphatic carbocycles. The number of anilines is 3. The highest BCUT2D eigenvalue weighted by atomic mass is 32.1.